The largest absolute Gasteiger partial charge is 0.362 e. The molecule has 18 heavy (non-hydrogen) atoms. The Bertz CT molecular complexity index is 435. The second-order valence-corrected chi connectivity index (χ2v) is 4.00. The number of anilines is 1. The van der Waals surface area contributed by atoms with Gasteiger partial charge in [0, 0.05) is 19.2 Å². The summed E-state index contributed by atoms with van der Waals surface area (Å²) in [7, 11) is 1.58. The lowest BCUT2D eigenvalue weighted by Gasteiger charge is -2.20. The lowest BCUT2D eigenvalue weighted by Crippen LogP contribution is -2.36. The number of likely N-dealkylation sites (N-methyl/N-ethyl adjacent to an activating group) is 1. The van der Waals surface area contributed by atoms with E-state index in [9.17, 15) is 14.0 Å². The highest BCUT2D eigenvalue weighted by atomic mass is 19.1. The van der Waals surface area contributed by atoms with Crippen molar-refractivity contribution in [1.82, 2.24) is 5.32 Å². The smallest absolute Gasteiger partial charge is 0.239 e. The molecule has 0 fully saturated rings. The SMILES string of the molecule is CCCNC(=O)CN(C)c1c(F)cccc1C=O. The summed E-state index contributed by atoms with van der Waals surface area (Å²) in [6.45, 7) is 2.55. The molecule has 0 aliphatic heterocycles. The molecule has 0 saturated heterocycles. The van der Waals surface area contributed by atoms with Gasteiger partial charge in [-0.3, -0.25) is 9.59 Å². The minimum atomic E-state index is -0.509. The lowest BCUT2D eigenvalue weighted by atomic mass is 10.1. The molecule has 0 aromatic heterocycles. The number of halogens is 1. The average molecular weight is 252 g/mol. The number of carbonyl (C=O) groups excluding carboxylic acids is 2. The van der Waals surface area contributed by atoms with Crippen molar-refractivity contribution in [1.29, 1.82) is 0 Å². The van der Waals surface area contributed by atoms with Gasteiger partial charge in [-0.1, -0.05) is 13.0 Å². The van der Waals surface area contributed by atoms with Crippen molar-refractivity contribution in [2.24, 2.45) is 0 Å². The van der Waals surface area contributed by atoms with E-state index in [0.717, 1.165) is 6.42 Å². The molecule has 0 atom stereocenters. The molecule has 5 heteroatoms. The van der Waals surface area contributed by atoms with E-state index in [4.69, 9.17) is 0 Å². The fourth-order valence-electron chi connectivity index (χ4n) is 1.64. The number of para-hydroxylation sites is 1. The number of rotatable bonds is 6. The third-order valence-electron chi connectivity index (χ3n) is 2.48. The first kappa shape index (κ1) is 14.2. The lowest BCUT2D eigenvalue weighted by molar-refractivity contribution is -0.119. The molecule has 0 aliphatic carbocycles. The maximum atomic E-state index is 13.7. The van der Waals surface area contributed by atoms with Crippen LogP contribution in [0.15, 0.2) is 18.2 Å². The first-order valence-corrected chi connectivity index (χ1v) is 5.81. The molecule has 0 unspecified atom stereocenters. The van der Waals surface area contributed by atoms with Gasteiger partial charge in [0.05, 0.1) is 12.2 Å². The van der Waals surface area contributed by atoms with Crippen LogP contribution < -0.4 is 10.2 Å². The van der Waals surface area contributed by atoms with Crippen LogP contribution in [0.5, 0.6) is 0 Å². The summed E-state index contributed by atoms with van der Waals surface area (Å²) >= 11 is 0. The van der Waals surface area contributed by atoms with Gasteiger partial charge in [-0.2, -0.15) is 0 Å². The van der Waals surface area contributed by atoms with Crippen LogP contribution in [-0.4, -0.2) is 32.3 Å². The number of carbonyl (C=O) groups is 2. The zero-order chi connectivity index (χ0) is 13.5. The molecule has 0 spiro atoms. The Morgan fingerprint density at radius 1 is 1.50 bits per heavy atom. The number of hydrogen-bond donors (Lipinski definition) is 1. The maximum absolute atomic E-state index is 13.7. The minimum Gasteiger partial charge on any atom is -0.362 e. The normalized spacial score (nSPS) is 9.94. The van der Waals surface area contributed by atoms with Gasteiger partial charge in [0.1, 0.15) is 5.82 Å². The average Bonchev–Trinajstić information content (AvgIpc) is 2.35. The number of aldehydes is 1. The van der Waals surface area contributed by atoms with Gasteiger partial charge in [0.2, 0.25) is 5.91 Å². The van der Waals surface area contributed by atoms with Gasteiger partial charge < -0.3 is 10.2 Å². The van der Waals surface area contributed by atoms with Crippen LogP contribution in [0.1, 0.15) is 23.7 Å². The van der Waals surface area contributed by atoms with E-state index in [2.05, 4.69) is 5.32 Å². The molecule has 1 N–H and O–H groups in total. The summed E-state index contributed by atoms with van der Waals surface area (Å²) in [5.41, 5.74) is 0.389. The molecule has 0 saturated carbocycles. The van der Waals surface area contributed by atoms with Crippen molar-refractivity contribution in [3.8, 4) is 0 Å². The Kier molecular flexibility index (Phi) is 5.30. The monoisotopic (exact) mass is 252 g/mol. The van der Waals surface area contributed by atoms with Crippen molar-refractivity contribution >= 4 is 17.9 Å². The van der Waals surface area contributed by atoms with Gasteiger partial charge in [-0.25, -0.2) is 4.39 Å². The van der Waals surface area contributed by atoms with E-state index >= 15 is 0 Å². The van der Waals surface area contributed by atoms with Crippen molar-refractivity contribution in [2.45, 2.75) is 13.3 Å². The highest BCUT2D eigenvalue weighted by molar-refractivity contribution is 5.87. The van der Waals surface area contributed by atoms with Crippen molar-refractivity contribution in [2.75, 3.05) is 25.0 Å². The molecular formula is C13H17FN2O2. The fraction of sp³-hybridized carbons (Fsp3) is 0.385. The second-order valence-electron chi connectivity index (χ2n) is 4.00. The third-order valence-corrected chi connectivity index (χ3v) is 2.48. The molecule has 1 aromatic carbocycles. The molecule has 0 aliphatic rings. The maximum Gasteiger partial charge on any atom is 0.239 e. The van der Waals surface area contributed by atoms with E-state index in [1.54, 1.807) is 7.05 Å². The Hall–Kier alpha value is -1.91. The van der Waals surface area contributed by atoms with Crippen LogP contribution in [0.4, 0.5) is 10.1 Å². The fourth-order valence-corrected chi connectivity index (χ4v) is 1.64. The minimum absolute atomic E-state index is 0.0156. The van der Waals surface area contributed by atoms with Crippen LogP contribution in [0, 0.1) is 5.82 Å². The first-order chi connectivity index (χ1) is 8.60. The van der Waals surface area contributed by atoms with E-state index in [1.807, 2.05) is 6.92 Å². The quantitative estimate of drug-likeness (QED) is 0.782. The molecule has 0 bridgehead atoms. The summed E-state index contributed by atoms with van der Waals surface area (Å²) in [5.74, 6) is -0.704. The molecule has 1 amide bonds. The van der Waals surface area contributed by atoms with Crippen molar-refractivity contribution < 1.29 is 14.0 Å². The van der Waals surface area contributed by atoms with E-state index in [0.29, 0.717) is 12.8 Å². The van der Waals surface area contributed by atoms with E-state index in [-0.39, 0.29) is 23.7 Å². The summed E-state index contributed by atoms with van der Waals surface area (Å²) in [5, 5.41) is 2.70. The van der Waals surface area contributed by atoms with Crippen LogP contribution in [0.3, 0.4) is 0 Å². The zero-order valence-corrected chi connectivity index (χ0v) is 10.6. The summed E-state index contributed by atoms with van der Waals surface area (Å²) in [6.07, 6.45) is 1.42. The van der Waals surface area contributed by atoms with Gasteiger partial charge in [-0.05, 0) is 18.6 Å². The predicted molar refractivity (Wildman–Crippen MR) is 68.4 cm³/mol. The first-order valence-electron chi connectivity index (χ1n) is 5.81. The topological polar surface area (TPSA) is 49.4 Å². The van der Waals surface area contributed by atoms with Crippen LogP contribution in [0.2, 0.25) is 0 Å². The number of amides is 1. The van der Waals surface area contributed by atoms with Gasteiger partial charge in [-0.15, -0.1) is 0 Å². The van der Waals surface area contributed by atoms with Gasteiger partial charge >= 0.3 is 0 Å². The zero-order valence-electron chi connectivity index (χ0n) is 10.6. The molecular weight excluding hydrogens is 235 g/mol. The molecule has 0 radical (unpaired) electrons. The Labute approximate surface area is 106 Å². The number of benzene rings is 1. The molecule has 1 aromatic rings. The Morgan fingerprint density at radius 3 is 2.83 bits per heavy atom. The second kappa shape index (κ2) is 6.74. The van der Waals surface area contributed by atoms with Crippen molar-refractivity contribution in [3.05, 3.63) is 29.6 Å². The standard InChI is InChI=1S/C13H17FN2O2/c1-3-7-15-12(18)8-16(2)13-10(9-17)5-4-6-11(13)14/h4-6,9H,3,7-8H2,1-2H3,(H,15,18). The van der Waals surface area contributed by atoms with Crippen molar-refractivity contribution in [3.63, 3.8) is 0 Å². The van der Waals surface area contributed by atoms with E-state index in [1.165, 1.54) is 23.1 Å². The molecule has 1 rings (SSSR count). The highest BCUT2D eigenvalue weighted by Gasteiger charge is 2.14. The van der Waals surface area contributed by atoms with E-state index < -0.39 is 5.82 Å². The number of nitrogens with one attached hydrogen (secondary N) is 1. The van der Waals surface area contributed by atoms with Crippen LogP contribution >= 0.6 is 0 Å². The molecule has 4 nitrogen and oxygen atoms in total. The van der Waals surface area contributed by atoms with Crippen LogP contribution in [0.25, 0.3) is 0 Å². The summed E-state index contributed by atoms with van der Waals surface area (Å²) in [6, 6.07) is 4.25. The van der Waals surface area contributed by atoms with Gasteiger partial charge in [0.15, 0.2) is 6.29 Å². The summed E-state index contributed by atoms with van der Waals surface area (Å²) in [4.78, 5) is 23.8. The third kappa shape index (κ3) is 3.55. The number of hydrogen-bond acceptors (Lipinski definition) is 3. The molecule has 98 valence electrons. The number of nitrogens with zero attached hydrogens (tertiary/aromatic N) is 1. The predicted octanol–water partition coefficient (Wildman–Crippen LogP) is 1.60. The highest BCUT2D eigenvalue weighted by Crippen LogP contribution is 2.21. The summed E-state index contributed by atoms with van der Waals surface area (Å²) < 4.78 is 13.7. The Morgan fingerprint density at radius 2 is 2.22 bits per heavy atom. The van der Waals surface area contributed by atoms with Crippen LogP contribution in [-0.2, 0) is 4.79 Å². The Balaban J connectivity index is 2.80. The molecule has 0 heterocycles. The van der Waals surface area contributed by atoms with Gasteiger partial charge in [0.25, 0.3) is 0 Å².